The van der Waals surface area contributed by atoms with Gasteiger partial charge in [0.2, 0.25) is 17.6 Å². The van der Waals surface area contributed by atoms with Crippen LogP contribution < -0.4 is 5.32 Å². The predicted molar refractivity (Wildman–Crippen MR) is 99.2 cm³/mol. The smallest absolute Gasteiger partial charge is 0.226 e. The molecular formula is C19H18ClN3O3. The summed E-state index contributed by atoms with van der Waals surface area (Å²) in [6.07, 6.45) is 1.33. The molecule has 1 heterocycles. The zero-order valence-electron chi connectivity index (χ0n) is 14.2. The summed E-state index contributed by atoms with van der Waals surface area (Å²) in [4.78, 5) is 16.3. The van der Waals surface area contributed by atoms with Crippen LogP contribution in [0.5, 0.6) is 5.75 Å². The molecule has 0 saturated heterocycles. The molecule has 0 saturated carbocycles. The maximum atomic E-state index is 12.0. The van der Waals surface area contributed by atoms with Crippen molar-refractivity contribution in [2.45, 2.75) is 26.2 Å². The Morgan fingerprint density at radius 3 is 2.73 bits per heavy atom. The number of carbonyl (C=O) groups is 1. The minimum Gasteiger partial charge on any atom is -0.506 e. The second-order valence-corrected chi connectivity index (χ2v) is 6.38. The standard InChI is InChI=1S/C19H18ClN3O3/c1-12-5-10-15(16(24)11-12)21-17(25)3-2-4-18-22-19(23-26-18)13-6-8-14(20)9-7-13/h5-11,24H,2-4H2,1H3,(H,21,25). The van der Waals surface area contributed by atoms with Crippen LogP contribution in [0.2, 0.25) is 5.02 Å². The van der Waals surface area contributed by atoms with Crippen molar-refractivity contribution < 1.29 is 14.4 Å². The maximum absolute atomic E-state index is 12.0. The monoisotopic (exact) mass is 371 g/mol. The molecule has 0 atom stereocenters. The first-order valence-electron chi connectivity index (χ1n) is 8.19. The third-order valence-corrected chi connectivity index (χ3v) is 4.04. The highest BCUT2D eigenvalue weighted by molar-refractivity contribution is 6.30. The van der Waals surface area contributed by atoms with Crippen molar-refractivity contribution in [3.05, 3.63) is 58.9 Å². The predicted octanol–water partition coefficient (Wildman–Crippen LogP) is 4.37. The third kappa shape index (κ3) is 4.61. The van der Waals surface area contributed by atoms with Crippen LogP contribution in [0.3, 0.4) is 0 Å². The van der Waals surface area contributed by atoms with Gasteiger partial charge in [-0.15, -0.1) is 0 Å². The van der Waals surface area contributed by atoms with Crippen LogP contribution in [-0.2, 0) is 11.2 Å². The number of nitrogens with zero attached hydrogens (tertiary/aromatic N) is 2. The summed E-state index contributed by atoms with van der Waals surface area (Å²) in [5.74, 6) is 0.844. The van der Waals surface area contributed by atoms with Gasteiger partial charge in [0, 0.05) is 23.4 Å². The molecular weight excluding hydrogens is 354 g/mol. The van der Waals surface area contributed by atoms with Crippen molar-refractivity contribution in [3.63, 3.8) is 0 Å². The van der Waals surface area contributed by atoms with E-state index in [9.17, 15) is 9.90 Å². The Hall–Kier alpha value is -2.86. The van der Waals surface area contributed by atoms with Crippen molar-refractivity contribution >= 4 is 23.2 Å². The topological polar surface area (TPSA) is 88.3 Å². The molecule has 7 heteroatoms. The van der Waals surface area contributed by atoms with Crippen molar-refractivity contribution in [1.29, 1.82) is 0 Å². The summed E-state index contributed by atoms with van der Waals surface area (Å²) < 4.78 is 5.22. The molecule has 6 nitrogen and oxygen atoms in total. The fourth-order valence-electron chi connectivity index (χ4n) is 2.43. The van der Waals surface area contributed by atoms with E-state index in [-0.39, 0.29) is 18.1 Å². The van der Waals surface area contributed by atoms with E-state index in [1.807, 2.05) is 25.1 Å². The van der Waals surface area contributed by atoms with Gasteiger partial charge in [-0.25, -0.2) is 0 Å². The van der Waals surface area contributed by atoms with E-state index in [4.69, 9.17) is 16.1 Å². The number of hydrogen-bond donors (Lipinski definition) is 2. The number of rotatable bonds is 6. The summed E-state index contributed by atoms with van der Waals surface area (Å²) in [5.41, 5.74) is 2.15. The van der Waals surface area contributed by atoms with E-state index in [0.29, 0.717) is 35.3 Å². The molecule has 1 amide bonds. The van der Waals surface area contributed by atoms with Gasteiger partial charge in [0.15, 0.2) is 0 Å². The summed E-state index contributed by atoms with van der Waals surface area (Å²) in [6.45, 7) is 1.87. The van der Waals surface area contributed by atoms with Gasteiger partial charge in [-0.2, -0.15) is 4.98 Å². The molecule has 0 radical (unpaired) electrons. The normalized spacial score (nSPS) is 10.7. The van der Waals surface area contributed by atoms with Crippen molar-refractivity contribution in [3.8, 4) is 17.1 Å². The van der Waals surface area contributed by atoms with Crippen molar-refractivity contribution in [2.75, 3.05) is 5.32 Å². The molecule has 0 bridgehead atoms. The van der Waals surface area contributed by atoms with Crippen LogP contribution in [0.25, 0.3) is 11.4 Å². The van der Waals surface area contributed by atoms with E-state index in [1.165, 1.54) is 0 Å². The highest BCUT2D eigenvalue weighted by Crippen LogP contribution is 2.24. The number of benzene rings is 2. The molecule has 1 aromatic heterocycles. The Morgan fingerprint density at radius 2 is 2.00 bits per heavy atom. The molecule has 2 aromatic carbocycles. The molecule has 134 valence electrons. The van der Waals surface area contributed by atoms with E-state index in [0.717, 1.165) is 11.1 Å². The Labute approximate surface area is 155 Å². The first kappa shape index (κ1) is 17.9. The van der Waals surface area contributed by atoms with E-state index in [2.05, 4.69) is 15.5 Å². The molecule has 0 aliphatic rings. The van der Waals surface area contributed by atoms with Crippen LogP contribution >= 0.6 is 11.6 Å². The van der Waals surface area contributed by atoms with Gasteiger partial charge in [0.05, 0.1) is 5.69 Å². The number of phenolic OH excluding ortho intramolecular Hbond substituents is 1. The Morgan fingerprint density at radius 1 is 1.23 bits per heavy atom. The number of aromatic hydroxyl groups is 1. The summed E-state index contributed by atoms with van der Waals surface area (Å²) >= 11 is 5.86. The van der Waals surface area contributed by atoms with Crippen LogP contribution in [-0.4, -0.2) is 21.2 Å². The van der Waals surface area contributed by atoms with Crippen molar-refractivity contribution in [1.82, 2.24) is 10.1 Å². The zero-order chi connectivity index (χ0) is 18.5. The number of aromatic nitrogens is 2. The minimum absolute atomic E-state index is 0.0582. The molecule has 0 unspecified atom stereocenters. The van der Waals surface area contributed by atoms with Gasteiger partial charge in [-0.3, -0.25) is 4.79 Å². The number of phenols is 1. The fraction of sp³-hybridized carbons (Fsp3) is 0.211. The minimum atomic E-state index is -0.179. The quantitative estimate of drug-likeness (QED) is 0.628. The molecule has 2 N–H and O–H groups in total. The second-order valence-electron chi connectivity index (χ2n) is 5.94. The number of amides is 1. The lowest BCUT2D eigenvalue weighted by molar-refractivity contribution is -0.116. The highest BCUT2D eigenvalue weighted by Gasteiger charge is 2.11. The van der Waals surface area contributed by atoms with E-state index < -0.39 is 0 Å². The first-order chi connectivity index (χ1) is 12.5. The van der Waals surface area contributed by atoms with Crippen LogP contribution in [0.1, 0.15) is 24.3 Å². The molecule has 0 aliphatic carbocycles. The van der Waals surface area contributed by atoms with Crippen LogP contribution in [0.4, 0.5) is 5.69 Å². The lowest BCUT2D eigenvalue weighted by Crippen LogP contribution is -2.11. The fourth-order valence-corrected chi connectivity index (χ4v) is 2.56. The molecule has 3 aromatic rings. The summed E-state index contributed by atoms with van der Waals surface area (Å²) in [5, 5.41) is 17.1. The lowest BCUT2D eigenvalue weighted by atomic mass is 10.2. The third-order valence-electron chi connectivity index (χ3n) is 3.79. The number of carbonyl (C=O) groups excluding carboxylic acids is 1. The van der Waals surface area contributed by atoms with Gasteiger partial charge >= 0.3 is 0 Å². The van der Waals surface area contributed by atoms with E-state index >= 15 is 0 Å². The summed E-state index contributed by atoms with van der Waals surface area (Å²) in [6, 6.07) is 12.3. The Bertz CT molecular complexity index is 907. The second kappa shape index (κ2) is 8.01. The van der Waals surface area contributed by atoms with E-state index in [1.54, 1.807) is 24.3 Å². The zero-order valence-corrected chi connectivity index (χ0v) is 15.0. The molecule has 0 spiro atoms. The van der Waals surface area contributed by atoms with Gasteiger partial charge in [-0.1, -0.05) is 22.8 Å². The largest absolute Gasteiger partial charge is 0.506 e. The molecule has 26 heavy (non-hydrogen) atoms. The van der Waals surface area contributed by atoms with Gasteiger partial charge in [0.1, 0.15) is 5.75 Å². The maximum Gasteiger partial charge on any atom is 0.226 e. The molecule has 3 rings (SSSR count). The number of hydrogen-bond acceptors (Lipinski definition) is 5. The van der Waals surface area contributed by atoms with Gasteiger partial charge in [-0.05, 0) is 55.3 Å². The van der Waals surface area contributed by atoms with Crippen LogP contribution in [0.15, 0.2) is 47.0 Å². The molecule has 0 fully saturated rings. The first-order valence-corrected chi connectivity index (χ1v) is 8.57. The SMILES string of the molecule is Cc1ccc(NC(=O)CCCc2nc(-c3ccc(Cl)cc3)no2)c(O)c1. The Kier molecular flexibility index (Phi) is 5.53. The average molecular weight is 372 g/mol. The van der Waals surface area contributed by atoms with Gasteiger partial charge in [0.25, 0.3) is 0 Å². The number of halogens is 1. The number of nitrogens with one attached hydrogen (secondary N) is 1. The van der Waals surface area contributed by atoms with Crippen molar-refractivity contribution in [2.24, 2.45) is 0 Å². The average Bonchev–Trinajstić information content (AvgIpc) is 3.07. The lowest BCUT2D eigenvalue weighted by Gasteiger charge is -2.07. The number of anilines is 1. The number of aryl methyl sites for hydroxylation is 2. The highest BCUT2D eigenvalue weighted by atomic mass is 35.5. The Balaban J connectivity index is 1.50. The summed E-state index contributed by atoms with van der Waals surface area (Å²) in [7, 11) is 0. The van der Waals surface area contributed by atoms with Crippen LogP contribution in [0, 0.1) is 6.92 Å². The van der Waals surface area contributed by atoms with Gasteiger partial charge < -0.3 is 14.9 Å². The molecule has 0 aliphatic heterocycles.